The molecule has 2 aromatic carbocycles. The van der Waals surface area contributed by atoms with Crippen LogP contribution in [0.1, 0.15) is 42.3 Å². The van der Waals surface area contributed by atoms with Gasteiger partial charge in [0.05, 0.1) is 12.2 Å². The number of nitrogens with zero attached hydrogens (tertiary/aromatic N) is 5. The van der Waals surface area contributed by atoms with Crippen LogP contribution in [0.5, 0.6) is 0 Å². The Labute approximate surface area is 191 Å². The second-order valence-corrected chi connectivity index (χ2v) is 8.84. The summed E-state index contributed by atoms with van der Waals surface area (Å²) in [5.41, 5.74) is 4.38. The molecule has 2 atom stereocenters. The molecule has 5 rings (SSSR count). The fourth-order valence-electron chi connectivity index (χ4n) is 4.16. The summed E-state index contributed by atoms with van der Waals surface area (Å²) >= 11 is 0. The summed E-state index contributed by atoms with van der Waals surface area (Å²) in [4.78, 5) is 32.1. The predicted molar refractivity (Wildman–Crippen MR) is 122 cm³/mol. The molecular weight excluding hydrogens is 418 g/mol. The van der Waals surface area contributed by atoms with Gasteiger partial charge in [-0.05, 0) is 49.6 Å². The highest BCUT2D eigenvalue weighted by molar-refractivity contribution is 6.25. The van der Waals surface area contributed by atoms with Crippen molar-refractivity contribution in [2.24, 2.45) is 10.3 Å². The van der Waals surface area contributed by atoms with Gasteiger partial charge < -0.3 is 4.42 Å². The van der Waals surface area contributed by atoms with Gasteiger partial charge in [-0.3, -0.25) is 14.6 Å². The SMILES string of the molecule is Cc1ccc(-c2nc(CN3N=N[C@@H]4C(=O)N(c5ccc(C(C)C)cc5)C(=O)[C@H]43)c(C)o2)cc1. The van der Waals surface area contributed by atoms with E-state index in [9.17, 15) is 9.59 Å². The minimum Gasteiger partial charge on any atom is -0.441 e. The predicted octanol–water partition coefficient (Wildman–Crippen LogP) is 4.58. The number of hydrogen-bond donors (Lipinski definition) is 0. The Hall–Kier alpha value is -3.81. The van der Waals surface area contributed by atoms with Crippen LogP contribution >= 0.6 is 0 Å². The summed E-state index contributed by atoms with van der Waals surface area (Å²) in [6.07, 6.45) is 0. The zero-order valence-corrected chi connectivity index (χ0v) is 19.0. The summed E-state index contributed by atoms with van der Waals surface area (Å²) in [6.45, 7) is 8.27. The van der Waals surface area contributed by atoms with Crippen molar-refractivity contribution in [1.82, 2.24) is 9.99 Å². The van der Waals surface area contributed by atoms with Gasteiger partial charge in [0.1, 0.15) is 11.5 Å². The van der Waals surface area contributed by atoms with Crippen LogP contribution in [0.4, 0.5) is 5.69 Å². The maximum Gasteiger partial charge on any atom is 0.263 e. The van der Waals surface area contributed by atoms with E-state index in [0.29, 0.717) is 29.0 Å². The molecule has 0 aliphatic carbocycles. The fourth-order valence-corrected chi connectivity index (χ4v) is 4.16. The monoisotopic (exact) mass is 443 g/mol. The minimum atomic E-state index is -0.842. The topological polar surface area (TPSA) is 91.4 Å². The van der Waals surface area contributed by atoms with Crippen molar-refractivity contribution in [1.29, 1.82) is 0 Å². The number of anilines is 1. The van der Waals surface area contributed by atoms with Gasteiger partial charge >= 0.3 is 0 Å². The average molecular weight is 444 g/mol. The molecule has 168 valence electrons. The van der Waals surface area contributed by atoms with E-state index in [0.717, 1.165) is 16.7 Å². The van der Waals surface area contributed by atoms with Crippen LogP contribution in [0, 0.1) is 13.8 Å². The van der Waals surface area contributed by atoms with Crippen molar-refractivity contribution in [3.05, 3.63) is 71.1 Å². The van der Waals surface area contributed by atoms with Gasteiger partial charge in [-0.2, -0.15) is 5.11 Å². The first kappa shape index (κ1) is 21.1. The summed E-state index contributed by atoms with van der Waals surface area (Å²) in [5, 5.41) is 9.78. The van der Waals surface area contributed by atoms with Crippen LogP contribution in [-0.4, -0.2) is 33.9 Å². The lowest BCUT2D eigenvalue weighted by molar-refractivity contribution is -0.123. The minimum absolute atomic E-state index is 0.227. The normalized spacial score (nSPS) is 19.8. The molecule has 0 N–H and O–H groups in total. The molecule has 0 unspecified atom stereocenters. The Morgan fingerprint density at radius 2 is 1.67 bits per heavy atom. The fraction of sp³-hybridized carbons (Fsp3) is 0.320. The van der Waals surface area contributed by atoms with Crippen LogP contribution < -0.4 is 4.90 Å². The van der Waals surface area contributed by atoms with Crippen molar-refractivity contribution < 1.29 is 14.0 Å². The standard InChI is InChI=1S/C25H25N5O3/c1-14(2)17-9-11-19(12-10-17)30-24(31)21-22(25(30)32)29(28-27-21)13-20-16(4)33-23(26-20)18-7-5-15(3)6-8-18/h5-12,14,21-22H,13H2,1-4H3/t21-,22-/m0/s1. The first-order valence-corrected chi connectivity index (χ1v) is 11.0. The van der Waals surface area contributed by atoms with E-state index < -0.39 is 12.1 Å². The molecule has 1 saturated heterocycles. The molecule has 2 aliphatic heterocycles. The number of carbonyl (C=O) groups is 2. The van der Waals surface area contributed by atoms with E-state index in [-0.39, 0.29) is 18.4 Å². The third kappa shape index (κ3) is 3.61. The highest BCUT2D eigenvalue weighted by Crippen LogP contribution is 2.34. The molecule has 33 heavy (non-hydrogen) atoms. The van der Waals surface area contributed by atoms with E-state index in [1.54, 1.807) is 0 Å². The number of carbonyl (C=O) groups excluding carboxylic acids is 2. The summed E-state index contributed by atoms with van der Waals surface area (Å²) in [5.74, 6) is 0.833. The number of aryl methyl sites for hydroxylation is 2. The Kier molecular flexibility index (Phi) is 5.08. The van der Waals surface area contributed by atoms with Crippen LogP contribution in [0.25, 0.3) is 11.5 Å². The number of aromatic nitrogens is 1. The Bertz CT molecular complexity index is 1240. The van der Waals surface area contributed by atoms with Crippen LogP contribution in [0.15, 0.2) is 63.3 Å². The number of hydrogen-bond acceptors (Lipinski definition) is 7. The number of fused-ring (bicyclic) bond motifs is 1. The van der Waals surface area contributed by atoms with Crippen LogP contribution in [-0.2, 0) is 16.1 Å². The number of imide groups is 1. The highest BCUT2D eigenvalue weighted by Gasteiger charge is 2.54. The van der Waals surface area contributed by atoms with Crippen molar-refractivity contribution in [2.75, 3.05) is 4.90 Å². The zero-order valence-electron chi connectivity index (χ0n) is 19.0. The highest BCUT2D eigenvalue weighted by atomic mass is 16.4. The quantitative estimate of drug-likeness (QED) is 0.539. The molecule has 2 aliphatic rings. The lowest BCUT2D eigenvalue weighted by atomic mass is 10.0. The summed E-state index contributed by atoms with van der Waals surface area (Å²) in [7, 11) is 0. The van der Waals surface area contributed by atoms with Crippen molar-refractivity contribution in [2.45, 2.75) is 52.2 Å². The Morgan fingerprint density at radius 1 is 0.970 bits per heavy atom. The third-order valence-corrected chi connectivity index (χ3v) is 6.18. The molecule has 8 heteroatoms. The van der Waals surface area contributed by atoms with Gasteiger partial charge in [0.15, 0.2) is 12.1 Å². The van der Waals surface area contributed by atoms with Crippen molar-refractivity contribution >= 4 is 17.5 Å². The van der Waals surface area contributed by atoms with Crippen LogP contribution in [0.2, 0.25) is 0 Å². The van der Waals surface area contributed by atoms with Crippen molar-refractivity contribution in [3.63, 3.8) is 0 Å². The van der Waals surface area contributed by atoms with E-state index in [1.165, 1.54) is 9.91 Å². The number of rotatable bonds is 5. The lowest BCUT2D eigenvalue weighted by Gasteiger charge is -2.20. The van der Waals surface area contributed by atoms with Gasteiger partial charge in [-0.25, -0.2) is 9.88 Å². The Morgan fingerprint density at radius 3 is 2.33 bits per heavy atom. The molecule has 0 saturated carbocycles. The maximum absolute atomic E-state index is 13.3. The molecule has 2 amide bonds. The van der Waals surface area contributed by atoms with Gasteiger partial charge in [0.25, 0.3) is 11.8 Å². The van der Waals surface area contributed by atoms with Gasteiger partial charge in [0, 0.05) is 5.56 Å². The maximum atomic E-state index is 13.3. The third-order valence-electron chi connectivity index (χ3n) is 6.18. The largest absolute Gasteiger partial charge is 0.441 e. The summed E-state index contributed by atoms with van der Waals surface area (Å²) in [6, 6.07) is 13.8. The smallest absolute Gasteiger partial charge is 0.263 e. The number of amides is 2. The summed E-state index contributed by atoms with van der Waals surface area (Å²) < 4.78 is 5.86. The number of benzene rings is 2. The van der Waals surface area contributed by atoms with E-state index in [1.807, 2.05) is 62.4 Å². The molecule has 3 aromatic rings. The molecule has 8 nitrogen and oxygen atoms in total. The Balaban J connectivity index is 1.37. The zero-order chi connectivity index (χ0) is 23.3. The molecule has 1 fully saturated rings. The van der Waals surface area contributed by atoms with Gasteiger partial charge in [0.2, 0.25) is 5.89 Å². The van der Waals surface area contributed by atoms with E-state index in [4.69, 9.17) is 4.42 Å². The molecule has 0 bridgehead atoms. The van der Waals surface area contributed by atoms with Gasteiger partial charge in [-0.15, -0.1) is 0 Å². The van der Waals surface area contributed by atoms with Crippen molar-refractivity contribution in [3.8, 4) is 11.5 Å². The molecule has 3 heterocycles. The first-order valence-electron chi connectivity index (χ1n) is 11.0. The molecular formula is C25H25N5O3. The van der Waals surface area contributed by atoms with Crippen LogP contribution in [0.3, 0.4) is 0 Å². The average Bonchev–Trinajstić information content (AvgIpc) is 3.45. The molecule has 1 aromatic heterocycles. The van der Waals surface area contributed by atoms with E-state index in [2.05, 4.69) is 29.2 Å². The second-order valence-electron chi connectivity index (χ2n) is 8.84. The first-order chi connectivity index (χ1) is 15.8. The number of oxazole rings is 1. The van der Waals surface area contributed by atoms with Gasteiger partial charge in [-0.1, -0.05) is 48.9 Å². The second kappa shape index (κ2) is 7.95. The lowest BCUT2D eigenvalue weighted by Crippen LogP contribution is -2.39. The molecule has 0 spiro atoms. The molecule has 0 radical (unpaired) electrons. The van der Waals surface area contributed by atoms with E-state index >= 15 is 0 Å².